The first-order chi connectivity index (χ1) is 9.48. The molecular formula is C13H25O6P. The molecule has 7 heteroatoms. The predicted octanol–water partition coefficient (Wildman–Crippen LogP) is 2.80. The highest BCUT2D eigenvalue weighted by Crippen LogP contribution is 2.55. The second kappa shape index (κ2) is 10.1. The van der Waals surface area contributed by atoms with Crippen molar-refractivity contribution in [2.24, 2.45) is 5.92 Å². The van der Waals surface area contributed by atoms with E-state index in [0.717, 1.165) is 6.29 Å². The lowest BCUT2D eigenvalue weighted by Crippen LogP contribution is -2.28. The maximum absolute atomic E-state index is 12.7. The van der Waals surface area contributed by atoms with Crippen LogP contribution in [0.2, 0.25) is 0 Å². The quantitative estimate of drug-likeness (QED) is 0.332. The van der Waals surface area contributed by atoms with Gasteiger partial charge in [-0.25, -0.2) is 0 Å². The first-order valence-electron chi connectivity index (χ1n) is 6.99. The standard InChI is InChI=1S/C13H25O6P/c1-5-11(10-14)9-12(13(15)17-6-2)20(16,18-7-3)19-8-4/h10-12H,5-9H2,1-4H3/t11-,12?/m1/s1. The number of rotatable bonds is 11. The van der Waals surface area contributed by atoms with Crippen molar-refractivity contribution in [2.45, 2.75) is 46.2 Å². The van der Waals surface area contributed by atoms with Crippen LogP contribution in [0.3, 0.4) is 0 Å². The molecule has 118 valence electrons. The summed E-state index contributed by atoms with van der Waals surface area (Å²) in [5.41, 5.74) is -1.06. The first kappa shape index (κ1) is 19.3. The van der Waals surface area contributed by atoms with E-state index >= 15 is 0 Å². The molecule has 0 N–H and O–H groups in total. The summed E-state index contributed by atoms with van der Waals surface area (Å²) in [5, 5.41) is 0. The zero-order chi connectivity index (χ0) is 15.6. The van der Waals surface area contributed by atoms with Crippen LogP contribution in [0.1, 0.15) is 40.5 Å². The van der Waals surface area contributed by atoms with Gasteiger partial charge in [0, 0.05) is 5.92 Å². The highest BCUT2D eigenvalue weighted by atomic mass is 31.2. The highest BCUT2D eigenvalue weighted by Gasteiger charge is 2.43. The van der Waals surface area contributed by atoms with Gasteiger partial charge in [-0.1, -0.05) is 6.92 Å². The third-order valence-electron chi connectivity index (χ3n) is 2.80. The van der Waals surface area contributed by atoms with Gasteiger partial charge < -0.3 is 18.6 Å². The predicted molar refractivity (Wildman–Crippen MR) is 75.7 cm³/mol. The zero-order valence-electron chi connectivity index (χ0n) is 12.7. The van der Waals surface area contributed by atoms with Crippen molar-refractivity contribution in [1.82, 2.24) is 0 Å². The number of carbonyl (C=O) groups is 2. The average Bonchev–Trinajstić information content (AvgIpc) is 2.40. The average molecular weight is 308 g/mol. The molecule has 0 radical (unpaired) electrons. The van der Waals surface area contributed by atoms with Crippen LogP contribution in [-0.2, 0) is 27.9 Å². The molecule has 6 nitrogen and oxygen atoms in total. The van der Waals surface area contributed by atoms with Gasteiger partial charge in [0.1, 0.15) is 6.29 Å². The summed E-state index contributed by atoms with van der Waals surface area (Å²) < 4.78 is 28.1. The molecule has 0 aromatic heterocycles. The zero-order valence-corrected chi connectivity index (χ0v) is 13.6. The van der Waals surface area contributed by atoms with Gasteiger partial charge in [-0.15, -0.1) is 0 Å². The number of ether oxygens (including phenoxy) is 1. The molecule has 0 saturated heterocycles. The Kier molecular flexibility index (Phi) is 9.72. The minimum absolute atomic E-state index is 0.107. The normalized spacial score (nSPS) is 14.6. The van der Waals surface area contributed by atoms with E-state index in [1.165, 1.54) is 0 Å². The Hall–Kier alpha value is -0.710. The maximum Gasteiger partial charge on any atom is 0.344 e. The molecule has 1 unspecified atom stereocenters. The fraction of sp³-hybridized carbons (Fsp3) is 0.846. The lowest BCUT2D eigenvalue weighted by atomic mass is 10.0. The van der Waals surface area contributed by atoms with Crippen molar-refractivity contribution in [1.29, 1.82) is 0 Å². The van der Waals surface area contributed by atoms with Gasteiger partial charge in [0.05, 0.1) is 19.8 Å². The highest BCUT2D eigenvalue weighted by molar-refractivity contribution is 7.55. The molecule has 0 aromatic rings. The van der Waals surface area contributed by atoms with Crippen LogP contribution in [0.5, 0.6) is 0 Å². The first-order valence-corrected chi connectivity index (χ1v) is 8.60. The second-order valence-corrected chi connectivity index (χ2v) is 6.40. The molecular weight excluding hydrogens is 283 g/mol. The van der Waals surface area contributed by atoms with E-state index in [1.807, 2.05) is 6.92 Å². The van der Waals surface area contributed by atoms with Crippen LogP contribution in [-0.4, -0.2) is 37.7 Å². The summed E-state index contributed by atoms with van der Waals surface area (Å²) in [5.74, 6) is -1.02. The molecule has 0 bridgehead atoms. The lowest BCUT2D eigenvalue weighted by Gasteiger charge is -2.26. The summed E-state index contributed by atoms with van der Waals surface area (Å²) >= 11 is 0. The van der Waals surface area contributed by atoms with Crippen molar-refractivity contribution in [2.75, 3.05) is 19.8 Å². The van der Waals surface area contributed by atoms with Gasteiger partial charge in [0.25, 0.3) is 0 Å². The van der Waals surface area contributed by atoms with E-state index in [9.17, 15) is 14.2 Å². The minimum Gasteiger partial charge on any atom is -0.465 e. The Morgan fingerprint density at radius 1 is 1.10 bits per heavy atom. The van der Waals surface area contributed by atoms with Crippen LogP contribution in [0, 0.1) is 5.92 Å². The van der Waals surface area contributed by atoms with Gasteiger partial charge in [-0.05, 0) is 33.6 Å². The largest absolute Gasteiger partial charge is 0.465 e. The summed E-state index contributed by atoms with van der Waals surface area (Å²) in [6.45, 7) is 7.32. The molecule has 0 spiro atoms. The molecule has 0 aromatic carbocycles. The third kappa shape index (κ3) is 5.73. The topological polar surface area (TPSA) is 78.9 Å². The van der Waals surface area contributed by atoms with Crippen molar-refractivity contribution in [3.63, 3.8) is 0 Å². The lowest BCUT2D eigenvalue weighted by molar-refractivity contribution is -0.143. The number of aldehydes is 1. The Balaban J connectivity index is 5.28. The minimum atomic E-state index is -3.63. The van der Waals surface area contributed by atoms with E-state index in [2.05, 4.69) is 0 Å². The van der Waals surface area contributed by atoms with E-state index < -0.39 is 19.2 Å². The molecule has 0 aliphatic carbocycles. The molecule has 20 heavy (non-hydrogen) atoms. The van der Waals surface area contributed by atoms with E-state index in [0.29, 0.717) is 6.42 Å². The van der Waals surface area contributed by atoms with Crippen molar-refractivity contribution in [3.05, 3.63) is 0 Å². The van der Waals surface area contributed by atoms with Gasteiger partial charge in [-0.2, -0.15) is 0 Å². The number of carbonyl (C=O) groups excluding carboxylic acids is 2. The fourth-order valence-electron chi connectivity index (χ4n) is 1.78. The fourth-order valence-corrected chi connectivity index (χ4v) is 3.79. The smallest absolute Gasteiger partial charge is 0.344 e. The van der Waals surface area contributed by atoms with Gasteiger partial charge >= 0.3 is 13.6 Å². The molecule has 0 heterocycles. The Bertz CT molecular complexity index is 334. The summed E-state index contributed by atoms with van der Waals surface area (Å²) in [4.78, 5) is 23.0. The molecule has 0 aliphatic heterocycles. The monoisotopic (exact) mass is 308 g/mol. The molecule has 0 rings (SSSR count). The van der Waals surface area contributed by atoms with Crippen LogP contribution in [0.4, 0.5) is 0 Å². The summed E-state index contributed by atoms with van der Waals surface area (Å²) in [6, 6.07) is 0. The second-order valence-electron chi connectivity index (χ2n) is 4.18. The Labute approximate surface area is 120 Å². The number of hydrogen-bond acceptors (Lipinski definition) is 6. The molecule has 0 aliphatic rings. The van der Waals surface area contributed by atoms with Crippen molar-refractivity contribution >= 4 is 19.9 Å². The summed E-state index contributed by atoms with van der Waals surface area (Å²) in [6.07, 6.45) is 1.42. The molecule has 0 saturated carbocycles. The van der Waals surface area contributed by atoms with Crippen LogP contribution < -0.4 is 0 Å². The molecule has 0 fully saturated rings. The SMILES string of the molecule is CCOC(=O)C(C[C@H](C=O)CC)P(=O)(OCC)OCC. The Morgan fingerprint density at radius 3 is 2.00 bits per heavy atom. The molecule has 0 amide bonds. The summed E-state index contributed by atoms with van der Waals surface area (Å²) in [7, 11) is -3.63. The van der Waals surface area contributed by atoms with Crippen LogP contribution >= 0.6 is 7.60 Å². The van der Waals surface area contributed by atoms with Crippen LogP contribution in [0.25, 0.3) is 0 Å². The van der Waals surface area contributed by atoms with Gasteiger partial charge in [0.2, 0.25) is 0 Å². The number of esters is 1. The molecule has 2 atom stereocenters. The number of hydrogen-bond donors (Lipinski definition) is 0. The van der Waals surface area contributed by atoms with E-state index in [1.54, 1.807) is 20.8 Å². The van der Waals surface area contributed by atoms with Gasteiger partial charge in [0.15, 0.2) is 5.66 Å². The maximum atomic E-state index is 12.7. The van der Waals surface area contributed by atoms with Crippen molar-refractivity contribution < 1.29 is 27.9 Å². The van der Waals surface area contributed by atoms with Gasteiger partial charge in [-0.3, -0.25) is 9.36 Å². The van der Waals surface area contributed by atoms with Crippen LogP contribution in [0.15, 0.2) is 0 Å². The van der Waals surface area contributed by atoms with E-state index in [-0.39, 0.29) is 32.2 Å². The van der Waals surface area contributed by atoms with E-state index in [4.69, 9.17) is 13.8 Å². The van der Waals surface area contributed by atoms with Crippen molar-refractivity contribution in [3.8, 4) is 0 Å². The third-order valence-corrected chi connectivity index (χ3v) is 5.22. The Morgan fingerprint density at radius 2 is 1.65 bits per heavy atom.